The van der Waals surface area contributed by atoms with Crippen molar-refractivity contribution in [3.63, 3.8) is 0 Å². The first-order valence-electron chi connectivity index (χ1n) is 6.71. The van der Waals surface area contributed by atoms with Gasteiger partial charge in [0.2, 0.25) is 0 Å². The van der Waals surface area contributed by atoms with Gasteiger partial charge in [0.05, 0.1) is 12.2 Å². The zero-order valence-electron chi connectivity index (χ0n) is 11.5. The summed E-state index contributed by atoms with van der Waals surface area (Å²) in [5.74, 6) is 1.23. The molecule has 0 saturated carbocycles. The average Bonchev–Trinajstić information content (AvgIpc) is 2.63. The summed E-state index contributed by atoms with van der Waals surface area (Å²) in [6.07, 6.45) is 4.20. The lowest BCUT2D eigenvalue weighted by molar-refractivity contribution is 0.0503. The second-order valence-electron chi connectivity index (χ2n) is 5.50. The molecule has 100 valence electrons. The number of hydrogen-bond donors (Lipinski definition) is 0. The molecular weight excluding hydrogens is 246 g/mol. The van der Waals surface area contributed by atoms with Crippen LogP contribution < -0.4 is 0 Å². The van der Waals surface area contributed by atoms with Crippen LogP contribution in [0.15, 0.2) is 24.5 Å². The van der Waals surface area contributed by atoms with Gasteiger partial charge < -0.3 is 4.74 Å². The zero-order valence-corrected chi connectivity index (χ0v) is 12.3. The summed E-state index contributed by atoms with van der Waals surface area (Å²) in [6, 6.07) is 4.10. The molecule has 1 saturated heterocycles. The van der Waals surface area contributed by atoms with Crippen LogP contribution in [0.2, 0.25) is 0 Å². The first-order valence-corrected chi connectivity index (χ1v) is 7.15. The second-order valence-corrected chi connectivity index (χ2v) is 6.00. The van der Waals surface area contributed by atoms with Gasteiger partial charge in [-0.25, -0.2) is 0 Å². The van der Waals surface area contributed by atoms with Crippen molar-refractivity contribution in [1.29, 1.82) is 0 Å². The van der Waals surface area contributed by atoms with E-state index in [9.17, 15) is 0 Å². The van der Waals surface area contributed by atoms with Crippen molar-refractivity contribution < 1.29 is 4.74 Å². The molecule has 3 heteroatoms. The van der Waals surface area contributed by atoms with E-state index in [-0.39, 0.29) is 11.5 Å². The predicted molar refractivity (Wildman–Crippen MR) is 75.0 cm³/mol. The molecule has 0 spiro atoms. The van der Waals surface area contributed by atoms with E-state index in [1.54, 1.807) is 0 Å². The van der Waals surface area contributed by atoms with Crippen LogP contribution in [0.25, 0.3) is 0 Å². The summed E-state index contributed by atoms with van der Waals surface area (Å²) in [6.45, 7) is 8.71. The third kappa shape index (κ3) is 2.55. The van der Waals surface area contributed by atoms with Crippen molar-refractivity contribution in [2.24, 2.45) is 11.8 Å². The fraction of sp³-hybridized carbons (Fsp3) is 0.667. The van der Waals surface area contributed by atoms with E-state index in [1.165, 1.54) is 5.56 Å². The van der Waals surface area contributed by atoms with Gasteiger partial charge >= 0.3 is 0 Å². The van der Waals surface area contributed by atoms with Gasteiger partial charge in [-0.2, -0.15) is 0 Å². The van der Waals surface area contributed by atoms with E-state index in [2.05, 4.69) is 44.8 Å². The Labute approximate surface area is 115 Å². The normalized spacial score (nSPS) is 35.4. The first kappa shape index (κ1) is 13.8. The lowest BCUT2D eigenvalue weighted by atomic mass is 9.80. The van der Waals surface area contributed by atoms with E-state index in [0.29, 0.717) is 23.9 Å². The number of nitrogens with zero attached hydrogens (tertiary/aromatic N) is 1. The van der Waals surface area contributed by atoms with E-state index < -0.39 is 0 Å². The first-order chi connectivity index (χ1) is 8.52. The molecule has 0 aliphatic carbocycles. The Balaban J connectivity index is 2.14. The maximum atomic E-state index is 6.73. The van der Waals surface area contributed by atoms with Crippen LogP contribution in [-0.4, -0.2) is 22.6 Å². The van der Waals surface area contributed by atoms with Crippen LogP contribution >= 0.6 is 11.6 Å². The predicted octanol–water partition coefficient (Wildman–Crippen LogP) is 3.85. The monoisotopic (exact) mass is 267 g/mol. The summed E-state index contributed by atoms with van der Waals surface area (Å²) in [4.78, 5) is 4.06. The van der Waals surface area contributed by atoms with Crippen molar-refractivity contribution in [3.05, 3.63) is 30.1 Å². The van der Waals surface area contributed by atoms with Gasteiger partial charge in [-0.1, -0.05) is 13.8 Å². The van der Waals surface area contributed by atoms with E-state index >= 15 is 0 Å². The minimum atomic E-state index is 0.0994. The molecule has 0 aromatic carbocycles. The highest BCUT2D eigenvalue weighted by Gasteiger charge is 2.42. The molecule has 2 heterocycles. The lowest BCUT2D eigenvalue weighted by Crippen LogP contribution is -2.30. The molecular formula is C15H22ClNO. The Morgan fingerprint density at radius 3 is 2.28 bits per heavy atom. The van der Waals surface area contributed by atoms with Gasteiger partial charge in [0.25, 0.3) is 0 Å². The molecule has 0 N–H and O–H groups in total. The fourth-order valence-electron chi connectivity index (χ4n) is 3.03. The number of halogens is 1. The number of alkyl halides is 1. The molecule has 2 rings (SSSR count). The fourth-order valence-corrected chi connectivity index (χ4v) is 3.61. The zero-order chi connectivity index (χ0) is 13.3. The van der Waals surface area contributed by atoms with Crippen LogP contribution in [0.4, 0.5) is 0 Å². The Bertz CT molecular complexity index is 383. The van der Waals surface area contributed by atoms with E-state index in [0.717, 1.165) is 0 Å². The Morgan fingerprint density at radius 1 is 1.17 bits per heavy atom. The summed E-state index contributed by atoms with van der Waals surface area (Å²) < 4.78 is 5.90. The van der Waals surface area contributed by atoms with Crippen molar-refractivity contribution in [2.75, 3.05) is 0 Å². The number of rotatable bonds is 3. The molecule has 1 aromatic heterocycles. The largest absolute Gasteiger partial charge is 0.375 e. The van der Waals surface area contributed by atoms with Crippen LogP contribution in [-0.2, 0) is 4.74 Å². The Hall–Kier alpha value is -0.600. The van der Waals surface area contributed by atoms with Crippen LogP contribution in [0.1, 0.15) is 39.2 Å². The minimum absolute atomic E-state index is 0.0994. The maximum Gasteiger partial charge on any atom is 0.0596 e. The van der Waals surface area contributed by atoms with Gasteiger partial charge in [-0.05, 0) is 43.4 Å². The minimum Gasteiger partial charge on any atom is -0.375 e. The molecule has 0 radical (unpaired) electrons. The average molecular weight is 268 g/mol. The van der Waals surface area contributed by atoms with Crippen LogP contribution in [0.5, 0.6) is 0 Å². The molecule has 1 fully saturated rings. The molecule has 1 aliphatic heterocycles. The van der Waals surface area contributed by atoms with Crippen molar-refractivity contribution in [3.8, 4) is 0 Å². The number of pyridine rings is 1. The van der Waals surface area contributed by atoms with Gasteiger partial charge in [0, 0.05) is 23.7 Å². The van der Waals surface area contributed by atoms with Crippen molar-refractivity contribution in [2.45, 2.75) is 51.2 Å². The van der Waals surface area contributed by atoms with Gasteiger partial charge in [0.1, 0.15) is 0 Å². The lowest BCUT2D eigenvalue weighted by Gasteiger charge is -2.29. The van der Waals surface area contributed by atoms with Crippen LogP contribution in [0.3, 0.4) is 0 Å². The number of ether oxygens (including phenoxy) is 1. The van der Waals surface area contributed by atoms with Crippen molar-refractivity contribution in [1.82, 2.24) is 4.98 Å². The standard InChI is InChI=1S/C15H22ClNO/c1-9-11(3)18-12(4)14(9)15(16)10(2)13-5-7-17-8-6-13/h5-12,14-15H,1-4H3. The third-order valence-corrected chi connectivity index (χ3v) is 5.07. The topological polar surface area (TPSA) is 22.1 Å². The molecule has 1 aromatic rings. The quantitative estimate of drug-likeness (QED) is 0.776. The molecule has 18 heavy (non-hydrogen) atoms. The highest BCUT2D eigenvalue weighted by molar-refractivity contribution is 6.21. The molecule has 6 unspecified atom stereocenters. The molecule has 0 amide bonds. The summed E-state index contributed by atoms with van der Waals surface area (Å²) >= 11 is 6.73. The van der Waals surface area contributed by atoms with Crippen LogP contribution in [0, 0.1) is 11.8 Å². The highest BCUT2D eigenvalue weighted by Crippen LogP contribution is 2.41. The molecule has 1 aliphatic rings. The number of aromatic nitrogens is 1. The SMILES string of the molecule is CC1OC(C)C(C(Cl)C(C)c2ccncc2)C1C. The second kappa shape index (κ2) is 5.58. The van der Waals surface area contributed by atoms with E-state index in [4.69, 9.17) is 16.3 Å². The summed E-state index contributed by atoms with van der Waals surface area (Å²) in [5, 5.41) is 0.0994. The smallest absolute Gasteiger partial charge is 0.0596 e. The molecule has 6 atom stereocenters. The third-order valence-electron chi connectivity index (χ3n) is 4.40. The van der Waals surface area contributed by atoms with Gasteiger partial charge in [0.15, 0.2) is 0 Å². The van der Waals surface area contributed by atoms with Gasteiger partial charge in [-0.3, -0.25) is 4.98 Å². The summed E-state index contributed by atoms with van der Waals surface area (Å²) in [5.41, 5.74) is 1.25. The van der Waals surface area contributed by atoms with Gasteiger partial charge in [-0.15, -0.1) is 11.6 Å². The summed E-state index contributed by atoms with van der Waals surface area (Å²) in [7, 11) is 0. The molecule has 0 bridgehead atoms. The highest BCUT2D eigenvalue weighted by atomic mass is 35.5. The maximum absolute atomic E-state index is 6.73. The molecule has 2 nitrogen and oxygen atoms in total. The van der Waals surface area contributed by atoms with Crippen molar-refractivity contribution >= 4 is 11.6 Å². The Kier molecular flexibility index (Phi) is 4.29. The van der Waals surface area contributed by atoms with E-state index in [1.807, 2.05) is 12.4 Å². The Morgan fingerprint density at radius 2 is 1.78 bits per heavy atom. The number of hydrogen-bond acceptors (Lipinski definition) is 2.